The topological polar surface area (TPSA) is 44.5 Å². The molecule has 1 heterocycles. The molecule has 1 aromatic carbocycles. The molecule has 0 spiro atoms. The summed E-state index contributed by atoms with van der Waals surface area (Å²) in [5.41, 5.74) is 6.74. The van der Waals surface area contributed by atoms with Gasteiger partial charge in [0.2, 0.25) is 6.43 Å². The van der Waals surface area contributed by atoms with E-state index < -0.39 is 24.7 Å². The number of benzene rings is 1. The van der Waals surface area contributed by atoms with Crippen LogP contribution in [0.25, 0.3) is 0 Å². The minimum atomic E-state index is -2.40. The Balaban J connectivity index is 2.30. The van der Waals surface area contributed by atoms with Crippen LogP contribution in [-0.4, -0.2) is 24.7 Å². The van der Waals surface area contributed by atoms with Crippen molar-refractivity contribution < 1.29 is 18.1 Å². The molecule has 0 bridgehead atoms. The maximum atomic E-state index is 12.7. The summed E-state index contributed by atoms with van der Waals surface area (Å²) >= 11 is 0. The molecule has 116 valence electrons. The van der Waals surface area contributed by atoms with Crippen molar-refractivity contribution in [3.63, 3.8) is 0 Å². The fourth-order valence-electron chi connectivity index (χ4n) is 2.33. The Morgan fingerprint density at radius 1 is 1.10 bits per heavy atom. The van der Waals surface area contributed by atoms with Crippen LogP contribution in [0.5, 0.6) is 0 Å². The van der Waals surface area contributed by atoms with Crippen molar-refractivity contribution in [1.29, 1.82) is 0 Å². The molecule has 1 aliphatic heterocycles. The molecule has 3 nitrogen and oxygen atoms in total. The highest BCUT2D eigenvalue weighted by molar-refractivity contribution is 6.62. The maximum Gasteiger partial charge on any atom is 0.494 e. The molecule has 6 heteroatoms. The highest BCUT2D eigenvalue weighted by Gasteiger charge is 2.51. The molecule has 21 heavy (non-hydrogen) atoms. The van der Waals surface area contributed by atoms with Gasteiger partial charge in [0, 0.05) is 13.0 Å². The first-order valence-electron chi connectivity index (χ1n) is 7.12. The minimum Gasteiger partial charge on any atom is -0.399 e. The van der Waals surface area contributed by atoms with Crippen molar-refractivity contribution in [2.24, 2.45) is 5.73 Å². The van der Waals surface area contributed by atoms with Gasteiger partial charge in [0.1, 0.15) is 0 Å². The van der Waals surface area contributed by atoms with Gasteiger partial charge in [0.05, 0.1) is 11.2 Å². The molecule has 2 N–H and O–H groups in total. The van der Waals surface area contributed by atoms with E-state index in [0.717, 1.165) is 11.0 Å². The second kappa shape index (κ2) is 5.67. The van der Waals surface area contributed by atoms with Crippen molar-refractivity contribution >= 4 is 12.6 Å². The number of halogens is 2. The lowest BCUT2D eigenvalue weighted by Gasteiger charge is -2.32. The fourth-order valence-corrected chi connectivity index (χ4v) is 2.33. The zero-order valence-electron chi connectivity index (χ0n) is 13.0. The summed E-state index contributed by atoms with van der Waals surface area (Å²) in [5, 5.41) is 0. The van der Waals surface area contributed by atoms with Crippen molar-refractivity contribution in [3.8, 4) is 0 Å². The van der Waals surface area contributed by atoms with Gasteiger partial charge in [0.15, 0.2) is 0 Å². The Labute approximate surface area is 125 Å². The van der Waals surface area contributed by atoms with Gasteiger partial charge < -0.3 is 15.0 Å². The van der Waals surface area contributed by atoms with Crippen molar-refractivity contribution in [1.82, 2.24) is 0 Å². The minimum absolute atomic E-state index is 0.242. The molecule has 0 amide bonds. The first-order valence-corrected chi connectivity index (χ1v) is 7.12. The Morgan fingerprint density at radius 3 is 2.14 bits per heavy atom. The molecule has 0 saturated carbocycles. The zero-order valence-corrected chi connectivity index (χ0v) is 13.0. The quantitative estimate of drug-likeness (QED) is 0.867. The van der Waals surface area contributed by atoms with Crippen LogP contribution in [0.3, 0.4) is 0 Å². The highest BCUT2D eigenvalue weighted by Crippen LogP contribution is 2.36. The summed E-state index contributed by atoms with van der Waals surface area (Å²) in [4.78, 5) is 0. The van der Waals surface area contributed by atoms with Gasteiger partial charge in [-0.15, -0.1) is 0 Å². The average Bonchev–Trinajstić information content (AvgIpc) is 2.57. The van der Waals surface area contributed by atoms with Crippen LogP contribution >= 0.6 is 0 Å². The number of hydrogen-bond acceptors (Lipinski definition) is 3. The van der Waals surface area contributed by atoms with E-state index in [4.69, 9.17) is 15.0 Å². The van der Waals surface area contributed by atoms with Gasteiger partial charge in [-0.05, 0) is 44.3 Å². The molecular formula is C15H22BF2NO2. The predicted molar refractivity (Wildman–Crippen MR) is 79.8 cm³/mol. The first-order chi connectivity index (χ1) is 9.66. The van der Waals surface area contributed by atoms with Crippen molar-refractivity contribution in [2.75, 3.05) is 0 Å². The van der Waals surface area contributed by atoms with Gasteiger partial charge in [-0.1, -0.05) is 18.2 Å². The van der Waals surface area contributed by atoms with Crippen LogP contribution in [0.1, 0.15) is 38.8 Å². The molecule has 0 aliphatic carbocycles. The van der Waals surface area contributed by atoms with Gasteiger partial charge in [0.25, 0.3) is 0 Å². The first kappa shape index (κ1) is 16.4. The molecule has 1 saturated heterocycles. The summed E-state index contributed by atoms with van der Waals surface area (Å²) in [5.74, 6) is 0. The summed E-state index contributed by atoms with van der Waals surface area (Å²) in [7, 11) is -0.543. The maximum absolute atomic E-state index is 12.7. The SMILES string of the molecule is CC1(C)OB(c2ccc(CN)c(CC(F)F)c2)OC1(C)C. The number of alkyl halides is 2. The monoisotopic (exact) mass is 297 g/mol. The predicted octanol–water partition coefficient (Wildman–Crippen LogP) is 2.25. The summed E-state index contributed by atoms with van der Waals surface area (Å²) in [6.07, 6.45) is -2.70. The third-order valence-electron chi connectivity index (χ3n) is 4.35. The number of rotatable bonds is 4. The third-order valence-corrected chi connectivity index (χ3v) is 4.35. The zero-order chi connectivity index (χ0) is 15.8. The average molecular weight is 297 g/mol. The third kappa shape index (κ3) is 3.28. The van der Waals surface area contributed by atoms with Crippen LogP contribution in [-0.2, 0) is 22.3 Å². The molecule has 0 atom stereocenters. The molecule has 2 rings (SSSR count). The number of nitrogens with two attached hydrogens (primary N) is 1. The Hall–Kier alpha value is -0.975. The van der Waals surface area contributed by atoms with Crippen LogP contribution in [0.4, 0.5) is 8.78 Å². The van der Waals surface area contributed by atoms with Gasteiger partial charge >= 0.3 is 7.12 Å². The summed E-state index contributed by atoms with van der Waals surface area (Å²) in [6, 6.07) is 5.33. The molecule has 0 aromatic heterocycles. The van der Waals surface area contributed by atoms with E-state index in [2.05, 4.69) is 0 Å². The highest BCUT2D eigenvalue weighted by atomic mass is 19.3. The Bertz CT molecular complexity index is 504. The van der Waals surface area contributed by atoms with Gasteiger partial charge in [-0.3, -0.25) is 0 Å². The second-order valence-corrected chi connectivity index (χ2v) is 6.42. The lowest BCUT2D eigenvalue weighted by molar-refractivity contribution is 0.00578. The Kier molecular flexibility index (Phi) is 4.43. The molecule has 1 aromatic rings. The van der Waals surface area contributed by atoms with E-state index in [1.165, 1.54) is 0 Å². The molecule has 0 radical (unpaired) electrons. The van der Waals surface area contributed by atoms with Crippen LogP contribution in [0, 0.1) is 0 Å². The van der Waals surface area contributed by atoms with Gasteiger partial charge in [-0.2, -0.15) is 0 Å². The second-order valence-electron chi connectivity index (χ2n) is 6.42. The van der Waals surface area contributed by atoms with E-state index in [1.54, 1.807) is 12.1 Å². The van der Waals surface area contributed by atoms with Crippen LogP contribution in [0.2, 0.25) is 0 Å². The van der Waals surface area contributed by atoms with Gasteiger partial charge in [-0.25, -0.2) is 8.78 Å². The molecule has 1 fully saturated rings. The van der Waals surface area contributed by atoms with E-state index in [0.29, 0.717) is 5.56 Å². The fraction of sp³-hybridized carbons (Fsp3) is 0.600. The summed E-state index contributed by atoms with van der Waals surface area (Å²) < 4.78 is 37.3. The Morgan fingerprint density at radius 2 is 1.67 bits per heavy atom. The molecular weight excluding hydrogens is 275 g/mol. The van der Waals surface area contributed by atoms with Crippen molar-refractivity contribution in [3.05, 3.63) is 29.3 Å². The molecule has 1 aliphatic rings. The number of hydrogen-bond donors (Lipinski definition) is 1. The lowest BCUT2D eigenvalue weighted by atomic mass is 9.77. The van der Waals surface area contributed by atoms with Crippen LogP contribution < -0.4 is 11.2 Å². The van der Waals surface area contributed by atoms with E-state index >= 15 is 0 Å². The smallest absolute Gasteiger partial charge is 0.399 e. The van der Waals surface area contributed by atoms with E-state index in [-0.39, 0.29) is 13.0 Å². The molecule has 0 unspecified atom stereocenters. The summed E-state index contributed by atoms with van der Waals surface area (Å²) in [6.45, 7) is 8.08. The lowest BCUT2D eigenvalue weighted by Crippen LogP contribution is -2.41. The van der Waals surface area contributed by atoms with E-state index in [1.807, 2.05) is 33.8 Å². The van der Waals surface area contributed by atoms with E-state index in [9.17, 15) is 8.78 Å². The normalized spacial score (nSPS) is 20.3. The van der Waals surface area contributed by atoms with Crippen LogP contribution in [0.15, 0.2) is 18.2 Å². The largest absolute Gasteiger partial charge is 0.494 e. The standard InChI is InChI=1S/C15H22BF2NO2/c1-14(2)15(3,4)21-16(20-14)12-6-5-10(9-19)11(7-12)8-13(17)18/h5-7,13H,8-9,19H2,1-4H3. The van der Waals surface area contributed by atoms with Crippen molar-refractivity contribution in [2.45, 2.75) is 58.3 Å².